The second kappa shape index (κ2) is 6.04. The minimum absolute atomic E-state index is 0.000165. The van der Waals surface area contributed by atoms with E-state index in [9.17, 15) is 4.79 Å². The maximum atomic E-state index is 12.6. The number of hydrogen-bond acceptors (Lipinski definition) is 4. The van der Waals surface area contributed by atoms with Gasteiger partial charge in [-0.05, 0) is 49.9 Å². The normalized spacial score (nSPS) is 14.9. The summed E-state index contributed by atoms with van der Waals surface area (Å²) in [5, 5.41) is 9.13. The van der Waals surface area contributed by atoms with Gasteiger partial charge in [-0.3, -0.25) is 10.6 Å². The quantitative estimate of drug-likeness (QED) is 0.552. The zero-order valence-corrected chi connectivity index (χ0v) is 11.2. The number of rotatable bonds is 5. The van der Waals surface area contributed by atoms with E-state index in [1.54, 1.807) is 17.0 Å². The predicted molar refractivity (Wildman–Crippen MR) is 74.8 cm³/mol. The van der Waals surface area contributed by atoms with E-state index < -0.39 is 0 Å². The summed E-state index contributed by atoms with van der Waals surface area (Å²) in [6.07, 6.45) is 3.23. The smallest absolute Gasteiger partial charge is 0.254 e. The van der Waals surface area contributed by atoms with Crippen molar-refractivity contribution in [1.82, 2.24) is 4.90 Å². The van der Waals surface area contributed by atoms with Crippen molar-refractivity contribution >= 4 is 11.6 Å². The lowest BCUT2D eigenvalue weighted by Gasteiger charge is -2.37. The zero-order chi connectivity index (χ0) is 13.8. The van der Waals surface area contributed by atoms with Crippen LogP contribution in [0.15, 0.2) is 18.2 Å². The average molecular weight is 263 g/mol. The van der Waals surface area contributed by atoms with Crippen molar-refractivity contribution in [3.8, 4) is 0 Å². The fourth-order valence-corrected chi connectivity index (χ4v) is 2.40. The third-order valence-electron chi connectivity index (χ3n) is 3.74. The Bertz CT molecular complexity index is 458. The summed E-state index contributed by atoms with van der Waals surface area (Å²) in [6.45, 7) is 2.30. The monoisotopic (exact) mass is 263 g/mol. The van der Waals surface area contributed by atoms with E-state index in [0.717, 1.165) is 30.5 Å². The molecule has 2 rings (SSSR count). The van der Waals surface area contributed by atoms with Gasteiger partial charge in [0.1, 0.15) is 0 Å². The molecule has 1 aliphatic carbocycles. The molecule has 1 aliphatic rings. The zero-order valence-electron chi connectivity index (χ0n) is 11.2. The van der Waals surface area contributed by atoms with Gasteiger partial charge in [0.15, 0.2) is 0 Å². The van der Waals surface area contributed by atoms with Crippen LogP contribution in [-0.2, 0) is 0 Å². The predicted octanol–water partition coefficient (Wildman–Crippen LogP) is 1.27. The van der Waals surface area contributed by atoms with Gasteiger partial charge >= 0.3 is 0 Å². The van der Waals surface area contributed by atoms with Crippen molar-refractivity contribution in [3.05, 3.63) is 29.3 Å². The number of nitrogens with one attached hydrogen (secondary N) is 1. The summed E-state index contributed by atoms with van der Waals surface area (Å²) in [6, 6.07) is 5.71. The lowest BCUT2D eigenvalue weighted by atomic mass is 9.90. The van der Waals surface area contributed by atoms with Gasteiger partial charge in [0.2, 0.25) is 0 Å². The second-order valence-corrected chi connectivity index (χ2v) is 4.98. The molecule has 1 aromatic carbocycles. The first-order valence-electron chi connectivity index (χ1n) is 6.66. The van der Waals surface area contributed by atoms with Crippen molar-refractivity contribution < 1.29 is 9.90 Å². The van der Waals surface area contributed by atoms with Crippen molar-refractivity contribution in [2.24, 2.45) is 5.84 Å². The van der Waals surface area contributed by atoms with Crippen LogP contribution in [0.3, 0.4) is 0 Å². The topological polar surface area (TPSA) is 78.6 Å². The molecule has 0 aromatic heterocycles. The van der Waals surface area contributed by atoms with Crippen LogP contribution >= 0.6 is 0 Å². The number of nitrogen functional groups attached to an aromatic ring is 1. The van der Waals surface area contributed by atoms with Crippen molar-refractivity contribution in [3.63, 3.8) is 0 Å². The lowest BCUT2D eigenvalue weighted by molar-refractivity contribution is 0.0525. The first kappa shape index (κ1) is 13.8. The molecule has 1 saturated carbocycles. The highest BCUT2D eigenvalue weighted by Crippen LogP contribution is 2.27. The van der Waals surface area contributed by atoms with Gasteiger partial charge in [-0.15, -0.1) is 0 Å². The van der Waals surface area contributed by atoms with Crippen LogP contribution in [0.25, 0.3) is 0 Å². The van der Waals surface area contributed by atoms with Gasteiger partial charge in [0.25, 0.3) is 5.91 Å². The van der Waals surface area contributed by atoms with E-state index in [2.05, 4.69) is 5.43 Å². The maximum Gasteiger partial charge on any atom is 0.254 e. The molecule has 0 aliphatic heterocycles. The number of hydrogen-bond donors (Lipinski definition) is 3. The van der Waals surface area contributed by atoms with Gasteiger partial charge in [-0.2, -0.15) is 0 Å². The number of hydrazine groups is 1. The van der Waals surface area contributed by atoms with Crippen LogP contribution < -0.4 is 11.3 Å². The highest BCUT2D eigenvalue weighted by molar-refractivity contribution is 5.96. The van der Waals surface area contributed by atoms with E-state index in [1.807, 2.05) is 13.0 Å². The van der Waals surface area contributed by atoms with E-state index >= 15 is 0 Å². The van der Waals surface area contributed by atoms with Crippen molar-refractivity contribution in [2.45, 2.75) is 32.2 Å². The largest absolute Gasteiger partial charge is 0.395 e. The SMILES string of the molecule is Cc1cc(NN)ccc1C(=O)N(CCO)C1CCC1. The molecule has 19 heavy (non-hydrogen) atoms. The third kappa shape index (κ3) is 2.88. The highest BCUT2D eigenvalue weighted by Gasteiger charge is 2.29. The van der Waals surface area contributed by atoms with Crippen molar-refractivity contribution in [2.75, 3.05) is 18.6 Å². The molecule has 0 bridgehead atoms. The molecule has 1 aromatic rings. The summed E-state index contributed by atoms with van der Waals surface area (Å²) < 4.78 is 0. The second-order valence-electron chi connectivity index (χ2n) is 4.98. The summed E-state index contributed by atoms with van der Waals surface area (Å²) >= 11 is 0. The number of aliphatic hydroxyl groups excluding tert-OH is 1. The molecular formula is C14H21N3O2. The van der Waals surface area contributed by atoms with E-state index in [-0.39, 0.29) is 18.6 Å². The number of carbonyl (C=O) groups is 1. The maximum absolute atomic E-state index is 12.6. The Morgan fingerprint density at radius 3 is 2.74 bits per heavy atom. The number of anilines is 1. The Hall–Kier alpha value is -1.59. The molecule has 0 spiro atoms. The number of nitrogens with zero attached hydrogens (tertiary/aromatic N) is 1. The summed E-state index contributed by atoms with van der Waals surface area (Å²) in [7, 11) is 0. The Morgan fingerprint density at radius 1 is 1.53 bits per heavy atom. The fourth-order valence-electron chi connectivity index (χ4n) is 2.40. The minimum Gasteiger partial charge on any atom is -0.395 e. The van der Waals surface area contributed by atoms with Gasteiger partial charge in [0, 0.05) is 23.8 Å². The Kier molecular flexibility index (Phi) is 4.39. The number of amides is 1. The number of aryl methyl sites for hydroxylation is 1. The van der Waals surface area contributed by atoms with Crippen LogP contribution in [0.2, 0.25) is 0 Å². The van der Waals surface area contributed by atoms with Crippen molar-refractivity contribution in [1.29, 1.82) is 0 Å². The number of benzene rings is 1. The molecule has 104 valence electrons. The van der Waals surface area contributed by atoms with Gasteiger partial charge < -0.3 is 15.4 Å². The van der Waals surface area contributed by atoms with Crippen LogP contribution in [-0.4, -0.2) is 35.1 Å². The van der Waals surface area contributed by atoms with Crippen LogP contribution in [0, 0.1) is 6.92 Å². The van der Waals surface area contributed by atoms with E-state index in [4.69, 9.17) is 10.9 Å². The van der Waals surface area contributed by atoms with Gasteiger partial charge in [-0.1, -0.05) is 0 Å². The standard InChI is InChI=1S/C14H21N3O2/c1-10-9-11(16-15)5-6-13(10)14(19)17(7-8-18)12-3-2-4-12/h5-6,9,12,16,18H,2-4,7-8,15H2,1H3. The average Bonchev–Trinajstić information content (AvgIpc) is 2.35. The van der Waals surface area contributed by atoms with Crippen LogP contribution in [0.4, 0.5) is 5.69 Å². The van der Waals surface area contributed by atoms with E-state index in [1.165, 1.54) is 0 Å². The third-order valence-corrected chi connectivity index (χ3v) is 3.74. The van der Waals surface area contributed by atoms with Gasteiger partial charge in [-0.25, -0.2) is 0 Å². The van der Waals surface area contributed by atoms with Crippen LogP contribution in [0.1, 0.15) is 35.2 Å². The first-order chi connectivity index (χ1) is 9.17. The molecule has 5 heteroatoms. The molecule has 0 unspecified atom stereocenters. The molecule has 1 fully saturated rings. The molecule has 0 radical (unpaired) electrons. The van der Waals surface area contributed by atoms with Crippen LogP contribution in [0.5, 0.6) is 0 Å². The van der Waals surface area contributed by atoms with Gasteiger partial charge in [0.05, 0.1) is 6.61 Å². The summed E-state index contributed by atoms with van der Waals surface area (Å²) in [4.78, 5) is 14.3. The molecule has 4 N–H and O–H groups in total. The fraction of sp³-hybridized carbons (Fsp3) is 0.500. The number of carbonyl (C=O) groups excluding carboxylic acids is 1. The Morgan fingerprint density at radius 2 is 2.26 bits per heavy atom. The molecule has 0 heterocycles. The van der Waals surface area contributed by atoms with E-state index in [0.29, 0.717) is 12.1 Å². The Labute approximate surface area is 113 Å². The Balaban J connectivity index is 2.20. The highest BCUT2D eigenvalue weighted by atomic mass is 16.3. The molecule has 0 saturated heterocycles. The summed E-state index contributed by atoms with van der Waals surface area (Å²) in [5.41, 5.74) is 4.92. The molecule has 5 nitrogen and oxygen atoms in total. The lowest BCUT2D eigenvalue weighted by Crippen LogP contribution is -2.45. The summed E-state index contributed by atoms with van der Waals surface area (Å²) in [5.74, 6) is 5.35. The minimum atomic E-state index is -0.000165. The first-order valence-corrected chi connectivity index (χ1v) is 6.66. The number of nitrogens with two attached hydrogens (primary N) is 1. The molecule has 1 amide bonds. The molecular weight excluding hydrogens is 242 g/mol. The number of aliphatic hydroxyl groups is 1. The molecule has 0 atom stereocenters.